The molecule has 0 spiro atoms. The molecule has 0 bridgehead atoms. The first-order chi connectivity index (χ1) is 2.83. The van der Waals surface area contributed by atoms with Gasteiger partial charge in [0.15, 0.2) is 0 Å². The number of hydrogen-bond donors (Lipinski definition) is 2. The highest BCUT2D eigenvalue weighted by Crippen LogP contribution is 1.29. The van der Waals surface area contributed by atoms with Gasteiger partial charge in [-0.25, -0.2) is 5.41 Å². The molecule has 0 aliphatic rings. The highest BCUT2D eigenvalue weighted by atomic mass is 15.0. The Morgan fingerprint density at radius 3 is 1.67 bits per heavy atom. The summed E-state index contributed by atoms with van der Waals surface area (Å²) in [5, 5.41) is 10.0. The normalized spacial score (nSPS) is 2.67. The van der Waals surface area contributed by atoms with Crippen molar-refractivity contribution in [1.29, 1.82) is 5.41 Å². The van der Waals surface area contributed by atoms with Crippen molar-refractivity contribution in [3.63, 3.8) is 0 Å². The van der Waals surface area contributed by atoms with Crippen LogP contribution in [-0.4, -0.2) is 6.01 Å². The minimum absolute atomic E-state index is 1.50. The Bertz CT molecular complexity index is 57.9. The van der Waals surface area contributed by atoms with Gasteiger partial charge < -0.3 is 11.1 Å². The average molecular weight is 85.1 g/mol. The topological polar surface area (TPSA) is 108 Å². The zero-order valence-electron chi connectivity index (χ0n) is 2.92. The lowest BCUT2D eigenvalue weighted by Crippen LogP contribution is -2.24. The van der Waals surface area contributed by atoms with Gasteiger partial charge in [-0.3, -0.25) is 4.91 Å². The monoisotopic (exact) mass is 85.0 g/mol. The molecule has 0 saturated heterocycles. The summed E-state index contributed by atoms with van der Waals surface area (Å²) in [6.07, 6.45) is 0. The molecule has 32 valence electrons. The van der Waals surface area contributed by atoms with Gasteiger partial charge in [0.05, 0.1) is 0 Å². The molecule has 0 amide bonds. The van der Waals surface area contributed by atoms with E-state index >= 15 is 0 Å². The molecule has 0 unspecified atom stereocenters. The Hall–Kier alpha value is -1.31. The fraction of sp³-hybridized carbons (Fsp3) is 0. The predicted octanol–water partition coefficient (Wildman–Crippen LogP) is -0.636. The van der Waals surface area contributed by atoms with Gasteiger partial charge >= 0.3 is 0 Å². The van der Waals surface area contributed by atoms with Gasteiger partial charge in [-0.15, -0.1) is 0 Å². The van der Waals surface area contributed by atoms with Crippen molar-refractivity contribution >= 4 is 6.01 Å². The molecule has 0 rings (SSSR count). The van der Waals surface area contributed by atoms with Crippen LogP contribution in [0, 0.1) is 5.41 Å². The second kappa shape index (κ2) is 56.1. The molecule has 6 heavy (non-hydrogen) atoms. The first kappa shape index (κ1) is 8.83. The van der Waals surface area contributed by atoms with Gasteiger partial charge in [-0.1, -0.05) is 5.41 Å². The van der Waals surface area contributed by atoms with Gasteiger partial charge in [0.25, 0.3) is 6.01 Å². The van der Waals surface area contributed by atoms with Crippen molar-refractivity contribution in [2.75, 3.05) is 0 Å². The molecule has 0 saturated carbocycles. The standard InChI is InChI=1S/CH2N2.N3/c2-1-3;1-3-2/h2-3H;/q;-1/p+1. The predicted molar refractivity (Wildman–Crippen MR) is 19.7 cm³/mol. The minimum Gasteiger partial charge on any atom is -0.373 e. The maximum absolute atomic E-state index is 6.75. The second-order valence-electron chi connectivity index (χ2n) is 0.234. The maximum Gasteiger partial charge on any atom is 0.299 e. The van der Waals surface area contributed by atoms with E-state index in [1.165, 1.54) is 10.9 Å². The van der Waals surface area contributed by atoms with Crippen LogP contribution >= 0.6 is 0 Å². The highest BCUT2D eigenvalue weighted by Gasteiger charge is 1.10. The number of hydrogen-bond acceptors (Lipinski definition) is 1. The van der Waals surface area contributed by atoms with Crippen LogP contribution in [0.5, 0.6) is 0 Å². The molecule has 0 heterocycles. The van der Waals surface area contributed by atoms with Gasteiger partial charge in [-0.2, -0.15) is 0 Å². The molecule has 3 N–H and O–H groups in total. The van der Waals surface area contributed by atoms with E-state index in [2.05, 4.69) is 5.41 Å². The summed E-state index contributed by atoms with van der Waals surface area (Å²) in [6.45, 7) is 0. The van der Waals surface area contributed by atoms with Gasteiger partial charge in [0, 0.05) is 0 Å². The third-order valence-electron chi connectivity index (χ3n) is 0. The van der Waals surface area contributed by atoms with Gasteiger partial charge in [0.2, 0.25) is 0 Å². The molecular formula is CH3N5. The Balaban J connectivity index is 0. The van der Waals surface area contributed by atoms with Crippen molar-refractivity contribution in [2.45, 2.75) is 0 Å². The third-order valence-corrected chi connectivity index (χ3v) is 0. The van der Waals surface area contributed by atoms with E-state index in [0.717, 1.165) is 0 Å². The molecule has 0 radical (unpaired) electrons. The molecule has 0 fully saturated rings. The van der Waals surface area contributed by atoms with E-state index in [-0.39, 0.29) is 0 Å². The summed E-state index contributed by atoms with van der Waals surface area (Å²) in [7, 11) is 0. The van der Waals surface area contributed by atoms with Crippen molar-refractivity contribution in [2.24, 2.45) is 0 Å². The molecular weight excluding hydrogens is 82.0 g/mol. The highest BCUT2D eigenvalue weighted by molar-refractivity contribution is 5.25. The van der Waals surface area contributed by atoms with Crippen LogP contribution in [0.15, 0.2) is 0 Å². The number of nitrogens with one attached hydrogen (secondary N) is 1. The SMILES string of the molecule is N=C=[NH2+].[N-]=[N+]=[N-]. The number of rotatable bonds is 0. The molecule has 0 aliphatic heterocycles. The fourth-order valence-corrected chi connectivity index (χ4v) is 0. The number of nitrogens with two attached hydrogens (primary N) is 1. The van der Waals surface area contributed by atoms with E-state index in [4.69, 9.17) is 16.5 Å². The van der Waals surface area contributed by atoms with Crippen LogP contribution in [0.3, 0.4) is 0 Å². The first-order valence-corrected chi connectivity index (χ1v) is 0.939. The molecule has 0 aromatic rings. The fourth-order valence-electron chi connectivity index (χ4n) is 0. The number of nitrogens with zero attached hydrogens (tertiary/aromatic N) is 3. The van der Waals surface area contributed by atoms with E-state index in [1.807, 2.05) is 0 Å². The summed E-state index contributed by atoms with van der Waals surface area (Å²) in [5.74, 6) is 0. The molecule has 5 heteroatoms. The molecule has 0 atom stereocenters. The summed E-state index contributed by atoms with van der Waals surface area (Å²) in [4.78, 5) is 1.50. The lowest BCUT2D eigenvalue weighted by Gasteiger charge is -1.31. The first-order valence-electron chi connectivity index (χ1n) is 0.939. The van der Waals surface area contributed by atoms with Crippen LogP contribution in [0.25, 0.3) is 16.0 Å². The summed E-state index contributed by atoms with van der Waals surface area (Å²) < 4.78 is 0. The molecule has 0 aromatic carbocycles. The van der Waals surface area contributed by atoms with Crippen LogP contribution < -0.4 is 5.41 Å². The molecule has 0 aliphatic carbocycles. The Morgan fingerprint density at radius 1 is 1.67 bits per heavy atom. The van der Waals surface area contributed by atoms with Crippen molar-refractivity contribution in [3.8, 4) is 0 Å². The summed E-state index contributed by atoms with van der Waals surface area (Å²) >= 11 is 0. The van der Waals surface area contributed by atoms with Crippen molar-refractivity contribution < 1.29 is 5.41 Å². The lowest BCUT2D eigenvalue weighted by atomic mass is 11.6. The van der Waals surface area contributed by atoms with Crippen molar-refractivity contribution in [1.82, 2.24) is 0 Å². The average Bonchev–Trinajstić information content (AvgIpc) is 1.39. The minimum atomic E-state index is 1.50. The Labute approximate surface area is 34.0 Å². The van der Waals surface area contributed by atoms with Crippen LogP contribution in [0.2, 0.25) is 0 Å². The third kappa shape index (κ3) is 4.48. The van der Waals surface area contributed by atoms with E-state index in [9.17, 15) is 0 Å². The zero-order valence-corrected chi connectivity index (χ0v) is 2.92. The second-order valence-corrected chi connectivity index (χ2v) is 0.234. The lowest BCUT2D eigenvalue weighted by molar-refractivity contribution is -0.103. The largest absolute Gasteiger partial charge is 0.373 e. The van der Waals surface area contributed by atoms with Gasteiger partial charge in [0.1, 0.15) is 0 Å². The van der Waals surface area contributed by atoms with Crippen LogP contribution in [0.1, 0.15) is 0 Å². The van der Waals surface area contributed by atoms with Gasteiger partial charge in [-0.05, 0) is 0 Å². The van der Waals surface area contributed by atoms with Crippen LogP contribution in [0.4, 0.5) is 0 Å². The van der Waals surface area contributed by atoms with Crippen molar-refractivity contribution in [3.05, 3.63) is 16.0 Å². The van der Waals surface area contributed by atoms with E-state index in [1.54, 1.807) is 0 Å². The summed E-state index contributed by atoms with van der Waals surface area (Å²) in [6, 6.07) is 1.50. The molecule has 5 nitrogen and oxygen atoms in total. The van der Waals surface area contributed by atoms with E-state index in [0.29, 0.717) is 0 Å². The Kier molecular flexibility index (Phi) is 82.5. The maximum atomic E-state index is 6.75. The van der Waals surface area contributed by atoms with Crippen LogP contribution in [-0.2, 0) is 0 Å². The zero-order chi connectivity index (χ0) is 5.41. The summed E-state index contributed by atoms with van der Waals surface area (Å²) in [5.41, 5.74) is 13.5. The van der Waals surface area contributed by atoms with E-state index < -0.39 is 0 Å². The molecule has 0 aromatic heterocycles. The smallest absolute Gasteiger partial charge is 0.299 e. The Morgan fingerprint density at radius 2 is 1.67 bits per heavy atom. The quantitative estimate of drug-likeness (QED) is 0.169.